The fourth-order valence-corrected chi connectivity index (χ4v) is 8.40. The lowest BCUT2D eigenvalue weighted by molar-refractivity contribution is -0.00959. The Labute approximate surface area is 177 Å². The second kappa shape index (κ2) is 8.77. The molecule has 0 radical (unpaired) electrons. The lowest BCUT2D eigenvalue weighted by atomic mass is 9.85. The molecule has 0 bridgehead atoms. The van der Waals surface area contributed by atoms with Gasteiger partial charge in [-0.3, -0.25) is 0 Å². The maximum Gasteiger partial charge on any atom is 0.320 e. The average molecular weight is 455 g/mol. The van der Waals surface area contributed by atoms with Crippen LogP contribution in [0, 0.1) is 0 Å². The van der Waals surface area contributed by atoms with Crippen LogP contribution in [0.15, 0.2) is 70.5 Å². The molecule has 1 saturated carbocycles. The summed E-state index contributed by atoms with van der Waals surface area (Å²) in [5.74, 6) is 0. The quantitative estimate of drug-likeness (QED) is 0.698. The zero-order valence-electron chi connectivity index (χ0n) is 16.7. The van der Waals surface area contributed by atoms with E-state index in [4.69, 9.17) is 0 Å². The molecule has 0 heterocycles. The molecule has 0 aliphatic heterocycles. The number of hydrogen-bond acceptors (Lipinski definition) is 5. The Morgan fingerprint density at radius 2 is 1.10 bits per heavy atom. The molecule has 1 aliphatic rings. The van der Waals surface area contributed by atoms with Gasteiger partial charge in [-0.15, -0.1) is 0 Å². The van der Waals surface area contributed by atoms with Crippen LogP contribution in [-0.2, 0) is 19.7 Å². The van der Waals surface area contributed by atoms with E-state index in [1.807, 2.05) is 0 Å². The van der Waals surface area contributed by atoms with Gasteiger partial charge in [0.1, 0.15) is 0 Å². The van der Waals surface area contributed by atoms with E-state index in [-0.39, 0.29) is 12.8 Å². The molecular weight excluding hydrogens is 427 g/mol. The van der Waals surface area contributed by atoms with E-state index >= 15 is 4.39 Å². The van der Waals surface area contributed by atoms with Gasteiger partial charge in [-0.1, -0.05) is 68.5 Å². The first-order valence-corrected chi connectivity index (χ1v) is 13.1. The lowest BCUT2D eigenvalue weighted by Gasteiger charge is -2.36. The molecule has 8 heteroatoms. The first-order chi connectivity index (χ1) is 14.1. The fraction of sp³-hybridized carbons (Fsp3) is 0.455. The Morgan fingerprint density at radius 3 is 1.50 bits per heavy atom. The number of rotatable bonds is 6. The van der Waals surface area contributed by atoms with Gasteiger partial charge in [0.25, 0.3) is 0 Å². The average Bonchev–Trinajstić information content (AvgIpc) is 2.72. The molecule has 0 amide bonds. The minimum atomic E-state index is -4.98. The van der Waals surface area contributed by atoms with E-state index < -0.39 is 45.8 Å². The molecule has 0 spiro atoms. The zero-order valence-corrected chi connectivity index (χ0v) is 18.3. The number of halogens is 1. The maximum atomic E-state index is 16.6. The molecule has 2 aromatic carbocycles. The Hall–Kier alpha value is -1.77. The smallest absolute Gasteiger partial charge is 0.320 e. The summed E-state index contributed by atoms with van der Waals surface area (Å²) < 4.78 is 66.5. The van der Waals surface area contributed by atoms with Crippen molar-refractivity contribution in [2.24, 2.45) is 0 Å². The summed E-state index contributed by atoms with van der Waals surface area (Å²) in [5.41, 5.74) is -1.72. The maximum absolute atomic E-state index is 16.6. The molecule has 2 aromatic rings. The minimum Gasteiger partial charge on any atom is -0.390 e. The van der Waals surface area contributed by atoms with Crippen molar-refractivity contribution < 1.29 is 26.3 Å². The summed E-state index contributed by atoms with van der Waals surface area (Å²) in [7, 11) is -9.96. The molecular formula is C22H27FO5S2. The third kappa shape index (κ3) is 4.31. The van der Waals surface area contributed by atoms with Crippen LogP contribution in [0.4, 0.5) is 4.39 Å². The first kappa shape index (κ1) is 22.9. The van der Waals surface area contributed by atoms with E-state index in [1.165, 1.54) is 48.5 Å². The summed E-state index contributed by atoms with van der Waals surface area (Å²) in [6.07, 6.45) is 3.13. The van der Waals surface area contributed by atoms with Crippen molar-refractivity contribution >= 4 is 19.7 Å². The Balaban J connectivity index is 2.16. The highest BCUT2D eigenvalue weighted by Gasteiger charge is 2.60. The number of alkyl halides is 1. The van der Waals surface area contributed by atoms with Crippen LogP contribution in [0.25, 0.3) is 0 Å². The van der Waals surface area contributed by atoms with Crippen LogP contribution < -0.4 is 0 Å². The van der Waals surface area contributed by atoms with Gasteiger partial charge < -0.3 is 5.11 Å². The number of aliphatic hydroxyl groups is 1. The zero-order chi connectivity index (χ0) is 21.9. The highest BCUT2D eigenvalue weighted by atomic mass is 32.3. The van der Waals surface area contributed by atoms with Crippen LogP contribution in [0.3, 0.4) is 0 Å². The van der Waals surface area contributed by atoms with Crippen LogP contribution in [0.2, 0.25) is 0 Å². The van der Waals surface area contributed by atoms with Gasteiger partial charge in [0.15, 0.2) is 0 Å². The van der Waals surface area contributed by atoms with E-state index in [9.17, 15) is 21.9 Å². The molecule has 0 aromatic heterocycles. The largest absolute Gasteiger partial charge is 0.390 e. The van der Waals surface area contributed by atoms with Crippen LogP contribution in [0.5, 0.6) is 0 Å². The summed E-state index contributed by atoms with van der Waals surface area (Å²) in [4.78, 5) is -0.858. The van der Waals surface area contributed by atoms with Crippen LogP contribution >= 0.6 is 0 Å². The first-order valence-electron chi connectivity index (χ1n) is 10.1. The number of benzene rings is 2. The highest BCUT2D eigenvalue weighted by Crippen LogP contribution is 2.45. The molecule has 1 N–H and O–H groups in total. The summed E-state index contributed by atoms with van der Waals surface area (Å²) in [6.45, 7) is 0. The van der Waals surface area contributed by atoms with Crippen molar-refractivity contribution in [3.8, 4) is 0 Å². The van der Waals surface area contributed by atoms with Crippen molar-refractivity contribution in [1.82, 2.24) is 0 Å². The minimum absolute atomic E-state index is 0.160. The van der Waals surface area contributed by atoms with Gasteiger partial charge in [0.2, 0.25) is 19.7 Å². The van der Waals surface area contributed by atoms with Crippen LogP contribution in [0.1, 0.15) is 51.4 Å². The molecule has 164 valence electrons. The molecule has 0 atom stereocenters. The predicted molar refractivity (Wildman–Crippen MR) is 113 cm³/mol. The lowest BCUT2D eigenvalue weighted by Crippen LogP contribution is -2.49. The van der Waals surface area contributed by atoms with Crippen molar-refractivity contribution in [3.63, 3.8) is 0 Å². The summed E-state index contributed by atoms with van der Waals surface area (Å²) in [5, 5.41) is 11.2. The van der Waals surface area contributed by atoms with E-state index in [2.05, 4.69) is 0 Å². The van der Waals surface area contributed by atoms with Gasteiger partial charge in [0, 0.05) is 6.42 Å². The normalized spacial score (nSPS) is 18.3. The SMILES string of the molecule is O=S(=O)(c1ccccc1)C(F)(CC1(O)CCCCCCC1)S(=O)(=O)c1ccccc1. The van der Waals surface area contributed by atoms with Gasteiger partial charge in [-0.05, 0) is 37.1 Å². The van der Waals surface area contributed by atoms with E-state index in [1.54, 1.807) is 12.1 Å². The molecule has 0 unspecified atom stereocenters. The van der Waals surface area contributed by atoms with Crippen molar-refractivity contribution in [2.45, 2.75) is 71.1 Å². The van der Waals surface area contributed by atoms with Crippen molar-refractivity contribution in [2.75, 3.05) is 0 Å². The van der Waals surface area contributed by atoms with Crippen LogP contribution in [-0.4, -0.2) is 31.9 Å². The number of sulfone groups is 2. The van der Waals surface area contributed by atoms with Gasteiger partial charge >= 0.3 is 4.33 Å². The predicted octanol–water partition coefficient (Wildman–Crippen LogP) is 4.42. The summed E-state index contributed by atoms with van der Waals surface area (Å²) >= 11 is 0. The second-order valence-corrected chi connectivity index (χ2v) is 12.5. The monoisotopic (exact) mass is 454 g/mol. The third-order valence-electron chi connectivity index (χ3n) is 5.73. The molecule has 1 aliphatic carbocycles. The van der Waals surface area contributed by atoms with Gasteiger partial charge in [-0.2, -0.15) is 0 Å². The molecule has 5 nitrogen and oxygen atoms in total. The van der Waals surface area contributed by atoms with Gasteiger partial charge in [-0.25, -0.2) is 21.2 Å². The molecule has 1 fully saturated rings. The Kier molecular flexibility index (Phi) is 6.69. The summed E-state index contributed by atoms with van der Waals surface area (Å²) in [6, 6.07) is 13.5. The molecule has 30 heavy (non-hydrogen) atoms. The van der Waals surface area contributed by atoms with Crippen molar-refractivity contribution in [1.29, 1.82) is 0 Å². The molecule has 0 saturated heterocycles. The Morgan fingerprint density at radius 1 is 0.733 bits per heavy atom. The Bertz CT molecular complexity index is 974. The van der Waals surface area contributed by atoms with E-state index in [0.717, 1.165) is 19.3 Å². The topological polar surface area (TPSA) is 88.5 Å². The number of hydrogen-bond donors (Lipinski definition) is 1. The van der Waals surface area contributed by atoms with Gasteiger partial charge in [0.05, 0.1) is 15.4 Å². The third-order valence-corrected chi connectivity index (χ3v) is 10.7. The highest BCUT2D eigenvalue weighted by molar-refractivity contribution is 8.10. The van der Waals surface area contributed by atoms with Crippen molar-refractivity contribution in [3.05, 3.63) is 60.7 Å². The standard InChI is InChI=1S/C22H27FO5S2/c23-22(29(25,26)19-12-6-4-7-13-19,30(27,28)20-14-8-5-9-15-20)18-21(24)16-10-2-1-3-11-17-21/h4-9,12-15,24H,1-3,10-11,16-18H2. The van der Waals surface area contributed by atoms with E-state index in [0.29, 0.717) is 12.8 Å². The fourth-order valence-electron chi connectivity index (χ4n) is 4.02. The molecule has 3 rings (SSSR count). The second-order valence-electron chi connectivity index (χ2n) is 7.96.